The molecule has 3 nitrogen and oxygen atoms in total. The van der Waals surface area contributed by atoms with E-state index in [9.17, 15) is 9.50 Å². The molecule has 1 fully saturated rings. The average molecular weight is 239 g/mol. The molecule has 0 radical (unpaired) electrons. The first-order valence-corrected chi connectivity index (χ1v) is 5.96. The minimum atomic E-state index is -0.461. The lowest BCUT2D eigenvalue weighted by atomic mass is 10.0. The van der Waals surface area contributed by atoms with Gasteiger partial charge in [-0.1, -0.05) is 0 Å². The van der Waals surface area contributed by atoms with E-state index >= 15 is 0 Å². The maximum absolute atomic E-state index is 13.2. The molecule has 0 saturated carbocycles. The van der Waals surface area contributed by atoms with Crippen LogP contribution in [0.3, 0.4) is 0 Å². The van der Waals surface area contributed by atoms with Crippen LogP contribution in [0.25, 0.3) is 0 Å². The van der Waals surface area contributed by atoms with E-state index in [1.54, 1.807) is 13.0 Å². The second kappa shape index (κ2) is 5.47. The molecular formula is C13H18FNO2. The third-order valence-corrected chi connectivity index (χ3v) is 2.91. The predicted molar refractivity (Wildman–Crippen MR) is 64.8 cm³/mol. The van der Waals surface area contributed by atoms with Crippen LogP contribution in [0.1, 0.15) is 12.5 Å². The molecule has 1 unspecified atom stereocenters. The molecule has 0 spiro atoms. The fraction of sp³-hybridized carbons (Fsp3) is 0.538. The smallest absolute Gasteiger partial charge is 0.123 e. The maximum atomic E-state index is 13.2. The molecule has 1 N–H and O–H groups in total. The van der Waals surface area contributed by atoms with Gasteiger partial charge in [-0.2, -0.15) is 0 Å². The van der Waals surface area contributed by atoms with Gasteiger partial charge in [0.05, 0.1) is 19.3 Å². The fourth-order valence-electron chi connectivity index (χ4n) is 2.15. The summed E-state index contributed by atoms with van der Waals surface area (Å²) >= 11 is 0. The Morgan fingerprint density at radius 2 is 2.12 bits per heavy atom. The van der Waals surface area contributed by atoms with Crippen molar-refractivity contribution in [3.8, 4) is 0 Å². The van der Waals surface area contributed by atoms with Crippen LogP contribution in [-0.2, 0) is 11.2 Å². The van der Waals surface area contributed by atoms with E-state index in [0.717, 1.165) is 24.3 Å². The van der Waals surface area contributed by atoms with Crippen molar-refractivity contribution in [2.24, 2.45) is 0 Å². The largest absolute Gasteiger partial charge is 0.393 e. The highest BCUT2D eigenvalue weighted by Crippen LogP contribution is 2.24. The second-order valence-electron chi connectivity index (χ2n) is 4.43. The number of aliphatic hydroxyl groups excluding tert-OH is 1. The van der Waals surface area contributed by atoms with Gasteiger partial charge < -0.3 is 14.7 Å². The van der Waals surface area contributed by atoms with Gasteiger partial charge in [0.1, 0.15) is 5.82 Å². The van der Waals surface area contributed by atoms with Crippen LogP contribution in [0, 0.1) is 5.82 Å². The summed E-state index contributed by atoms with van der Waals surface area (Å²) in [5.41, 5.74) is 1.87. The van der Waals surface area contributed by atoms with Gasteiger partial charge in [0.2, 0.25) is 0 Å². The molecule has 94 valence electrons. The molecule has 1 atom stereocenters. The molecule has 1 saturated heterocycles. The van der Waals surface area contributed by atoms with E-state index in [-0.39, 0.29) is 5.82 Å². The van der Waals surface area contributed by atoms with E-state index in [1.165, 1.54) is 12.1 Å². The Labute approximate surface area is 101 Å². The number of rotatable bonds is 3. The van der Waals surface area contributed by atoms with Crippen LogP contribution in [0.2, 0.25) is 0 Å². The summed E-state index contributed by atoms with van der Waals surface area (Å²) in [4.78, 5) is 2.18. The van der Waals surface area contributed by atoms with Gasteiger partial charge in [-0.25, -0.2) is 4.39 Å². The van der Waals surface area contributed by atoms with Gasteiger partial charge in [-0.3, -0.25) is 0 Å². The van der Waals surface area contributed by atoms with Gasteiger partial charge in [0.25, 0.3) is 0 Å². The first-order chi connectivity index (χ1) is 8.16. The summed E-state index contributed by atoms with van der Waals surface area (Å²) in [6.07, 6.45) is 0.0151. The van der Waals surface area contributed by atoms with Crippen LogP contribution in [0.15, 0.2) is 18.2 Å². The number of anilines is 1. The maximum Gasteiger partial charge on any atom is 0.123 e. The van der Waals surface area contributed by atoms with E-state index in [2.05, 4.69) is 4.90 Å². The molecule has 0 amide bonds. The van der Waals surface area contributed by atoms with Crippen molar-refractivity contribution in [2.45, 2.75) is 19.4 Å². The highest BCUT2D eigenvalue weighted by Gasteiger charge is 2.16. The minimum absolute atomic E-state index is 0.252. The van der Waals surface area contributed by atoms with Crippen LogP contribution >= 0.6 is 0 Å². The Bertz CT molecular complexity index is 376. The Kier molecular flexibility index (Phi) is 3.97. The van der Waals surface area contributed by atoms with Gasteiger partial charge in [-0.05, 0) is 30.7 Å². The predicted octanol–water partition coefficient (Wildman–Crippen LogP) is 1.59. The summed E-state index contributed by atoms with van der Waals surface area (Å²) in [5, 5.41) is 9.45. The highest BCUT2D eigenvalue weighted by atomic mass is 19.1. The third kappa shape index (κ3) is 3.17. The lowest BCUT2D eigenvalue weighted by Gasteiger charge is -2.31. The number of ether oxygens (including phenoxy) is 1. The number of hydrogen-bond donors (Lipinski definition) is 1. The van der Waals surface area contributed by atoms with Crippen molar-refractivity contribution in [1.82, 2.24) is 0 Å². The van der Waals surface area contributed by atoms with Gasteiger partial charge in [0, 0.05) is 25.2 Å². The van der Waals surface area contributed by atoms with Gasteiger partial charge in [0.15, 0.2) is 0 Å². The molecule has 0 bridgehead atoms. The number of nitrogens with zero attached hydrogens (tertiary/aromatic N) is 1. The topological polar surface area (TPSA) is 32.7 Å². The first-order valence-electron chi connectivity index (χ1n) is 5.96. The summed E-state index contributed by atoms with van der Waals surface area (Å²) in [7, 11) is 0. The Hall–Kier alpha value is -1.13. The SMILES string of the molecule is CC(O)Cc1cc(F)ccc1N1CCOCC1. The van der Waals surface area contributed by atoms with Crippen LogP contribution < -0.4 is 4.90 Å². The molecule has 1 aromatic rings. The van der Waals surface area contributed by atoms with E-state index < -0.39 is 6.10 Å². The molecular weight excluding hydrogens is 221 g/mol. The van der Waals surface area contributed by atoms with Gasteiger partial charge >= 0.3 is 0 Å². The molecule has 1 aromatic carbocycles. The molecule has 1 aliphatic rings. The Morgan fingerprint density at radius 3 is 2.76 bits per heavy atom. The van der Waals surface area contributed by atoms with E-state index in [4.69, 9.17) is 4.74 Å². The summed E-state index contributed by atoms with van der Waals surface area (Å²) in [6.45, 7) is 4.75. The Balaban J connectivity index is 2.24. The number of benzene rings is 1. The van der Waals surface area contributed by atoms with Crippen molar-refractivity contribution in [1.29, 1.82) is 0 Å². The number of aliphatic hydroxyl groups is 1. The quantitative estimate of drug-likeness (QED) is 0.869. The lowest BCUT2D eigenvalue weighted by Crippen LogP contribution is -2.37. The zero-order valence-corrected chi connectivity index (χ0v) is 10.0. The van der Waals surface area contributed by atoms with Gasteiger partial charge in [-0.15, -0.1) is 0 Å². The molecule has 0 aliphatic carbocycles. The zero-order chi connectivity index (χ0) is 12.3. The number of hydrogen-bond acceptors (Lipinski definition) is 3. The van der Waals surface area contributed by atoms with Crippen LogP contribution in [0.5, 0.6) is 0 Å². The molecule has 0 aromatic heterocycles. The number of halogens is 1. The van der Waals surface area contributed by atoms with Crippen molar-refractivity contribution in [2.75, 3.05) is 31.2 Å². The highest BCUT2D eigenvalue weighted by molar-refractivity contribution is 5.54. The third-order valence-electron chi connectivity index (χ3n) is 2.91. The summed E-state index contributed by atoms with van der Waals surface area (Å²) < 4.78 is 18.5. The normalized spacial score (nSPS) is 18.2. The van der Waals surface area contributed by atoms with Crippen molar-refractivity contribution in [3.05, 3.63) is 29.6 Å². The molecule has 1 heterocycles. The monoisotopic (exact) mass is 239 g/mol. The fourth-order valence-corrected chi connectivity index (χ4v) is 2.15. The lowest BCUT2D eigenvalue weighted by molar-refractivity contribution is 0.122. The van der Waals surface area contributed by atoms with E-state index in [0.29, 0.717) is 19.6 Å². The van der Waals surface area contributed by atoms with Crippen molar-refractivity contribution < 1.29 is 14.2 Å². The Morgan fingerprint density at radius 1 is 1.41 bits per heavy atom. The van der Waals surface area contributed by atoms with Crippen molar-refractivity contribution in [3.63, 3.8) is 0 Å². The van der Waals surface area contributed by atoms with Crippen LogP contribution in [0.4, 0.5) is 10.1 Å². The summed E-state index contributed by atoms with van der Waals surface area (Å²) in [6, 6.07) is 4.77. The molecule has 4 heteroatoms. The zero-order valence-electron chi connectivity index (χ0n) is 10.0. The summed E-state index contributed by atoms with van der Waals surface area (Å²) in [5.74, 6) is -0.252. The van der Waals surface area contributed by atoms with E-state index in [1.807, 2.05) is 0 Å². The number of morpholine rings is 1. The first kappa shape index (κ1) is 12.3. The van der Waals surface area contributed by atoms with Crippen LogP contribution in [-0.4, -0.2) is 37.5 Å². The standard InChI is InChI=1S/C13H18FNO2/c1-10(16)8-11-9-12(14)2-3-13(11)15-4-6-17-7-5-15/h2-3,9-10,16H,4-8H2,1H3. The minimum Gasteiger partial charge on any atom is -0.393 e. The average Bonchev–Trinajstić information content (AvgIpc) is 2.29. The van der Waals surface area contributed by atoms with Crippen molar-refractivity contribution >= 4 is 5.69 Å². The molecule has 17 heavy (non-hydrogen) atoms. The molecule has 2 rings (SSSR count). The second-order valence-corrected chi connectivity index (χ2v) is 4.43. The molecule has 1 aliphatic heterocycles.